The predicted molar refractivity (Wildman–Crippen MR) is 95.1 cm³/mol. The van der Waals surface area contributed by atoms with E-state index in [1.165, 1.54) is 7.11 Å². The third-order valence-electron chi connectivity index (χ3n) is 4.47. The topological polar surface area (TPSA) is 81.7 Å². The van der Waals surface area contributed by atoms with Crippen LogP contribution in [0.2, 0.25) is 0 Å². The van der Waals surface area contributed by atoms with Crippen molar-refractivity contribution in [3.63, 3.8) is 0 Å². The van der Waals surface area contributed by atoms with Crippen molar-refractivity contribution < 1.29 is 23.9 Å². The maximum atomic E-state index is 12.8. The van der Waals surface area contributed by atoms with Gasteiger partial charge in [-0.05, 0) is 43.2 Å². The molecule has 0 bridgehead atoms. The van der Waals surface area contributed by atoms with Gasteiger partial charge in [-0.1, -0.05) is 24.3 Å². The number of carbonyl (C=O) groups excluding carboxylic acids is 3. The van der Waals surface area contributed by atoms with Crippen molar-refractivity contribution in [1.29, 1.82) is 0 Å². The van der Waals surface area contributed by atoms with E-state index in [9.17, 15) is 14.4 Å². The van der Waals surface area contributed by atoms with E-state index in [1.54, 1.807) is 44.2 Å². The molecule has 26 heavy (non-hydrogen) atoms. The molecule has 1 heterocycles. The molecule has 1 amide bonds. The Hall–Kier alpha value is -3.15. The van der Waals surface area contributed by atoms with Crippen LogP contribution in [0.1, 0.15) is 38.8 Å². The summed E-state index contributed by atoms with van der Waals surface area (Å²) in [6.45, 7) is 3.39. The zero-order chi connectivity index (χ0) is 18.9. The van der Waals surface area contributed by atoms with Gasteiger partial charge in [-0.3, -0.25) is 4.79 Å². The largest absolute Gasteiger partial charge is 0.465 e. The molecule has 1 aliphatic rings. The average molecular weight is 353 g/mol. The lowest BCUT2D eigenvalue weighted by atomic mass is 9.89. The van der Waals surface area contributed by atoms with Crippen LogP contribution in [0.25, 0.3) is 0 Å². The molecule has 0 spiro atoms. The highest BCUT2D eigenvalue weighted by molar-refractivity contribution is 6.03. The number of hydrogen-bond donors (Lipinski definition) is 1. The van der Waals surface area contributed by atoms with Crippen LogP contribution in [-0.2, 0) is 20.7 Å². The van der Waals surface area contributed by atoms with Crippen molar-refractivity contribution in [3.8, 4) is 0 Å². The van der Waals surface area contributed by atoms with E-state index in [1.807, 2.05) is 12.1 Å². The summed E-state index contributed by atoms with van der Waals surface area (Å²) >= 11 is 0. The average Bonchev–Trinajstić information content (AvgIpc) is 2.62. The van der Waals surface area contributed by atoms with Crippen LogP contribution in [-0.4, -0.2) is 30.6 Å². The summed E-state index contributed by atoms with van der Waals surface area (Å²) in [6.07, 6.45) is 0.274. The molecule has 2 aromatic carbocycles. The number of carbonyl (C=O) groups is 3. The summed E-state index contributed by atoms with van der Waals surface area (Å²) in [7, 11) is 1.29. The lowest BCUT2D eigenvalue weighted by molar-refractivity contribution is -0.134. The van der Waals surface area contributed by atoms with Crippen molar-refractivity contribution in [2.24, 2.45) is 0 Å². The summed E-state index contributed by atoms with van der Waals surface area (Å²) < 4.78 is 10.1. The fourth-order valence-electron chi connectivity index (χ4n) is 2.92. The number of benzene rings is 2. The van der Waals surface area contributed by atoms with E-state index < -0.39 is 23.4 Å². The molecule has 0 aliphatic carbocycles. The van der Waals surface area contributed by atoms with Gasteiger partial charge in [0.05, 0.1) is 18.2 Å². The molecule has 0 radical (unpaired) electrons. The summed E-state index contributed by atoms with van der Waals surface area (Å²) in [5.74, 6) is -1.47. The number of esters is 2. The van der Waals surface area contributed by atoms with Gasteiger partial charge >= 0.3 is 11.9 Å². The van der Waals surface area contributed by atoms with E-state index >= 15 is 0 Å². The summed E-state index contributed by atoms with van der Waals surface area (Å²) in [5.41, 5.74) is 1.47. The minimum absolute atomic E-state index is 0.274. The smallest absolute Gasteiger partial charge is 0.339 e. The highest BCUT2D eigenvalue weighted by atomic mass is 16.6. The Labute approximate surface area is 151 Å². The van der Waals surface area contributed by atoms with Gasteiger partial charge in [0, 0.05) is 12.1 Å². The van der Waals surface area contributed by atoms with E-state index in [-0.39, 0.29) is 6.42 Å². The zero-order valence-electron chi connectivity index (χ0n) is 14.8. The first-order chi connectivity index (χ1) is 12.3. The number of cyclic esters (lactones) is 1. The molecule has 3 rings (SSSR count). The summed E-state index contributed by atoms with van der Waals surface area (Å²) in [6, 6.07) is 11.9. The first kappa shape index (κ1) is 17.7. The number of amides is 1. The van der Waals surface area contributed by atoms with Crippen LogP contribution in [0.15, 0.2) is 42.5 Å². The lowest BCUT2D eigenvalue weighted by Crippen LogP contribution is -2.49. The van der Waals surface area contributed by atoms with Crippen LogP contribution in [0.3, 0.4) is 0 Å². The SMILES string of the molecule is COC(=O)c1ccc(C)c(NC(=O)[C@]2(C)Cc3ccccc3C(=O)O2)c1. The lowest BCUT2D eigenvalue weighted by Gasteiger charge is -2.33. The molecule has 1 atom stereocenters. The van der Waals surface area contributed by atoms with E-state index in [0.717, 1.165) is 11.1 Å². The van der Waals surface area contributed by atoms with Gasteiger partial charge < -0.3 is 14.8 Å². The molecule has 0 unspecified atom stereocenters. The molecule has 134 valence electrons. The van der Waals surface area contributed by atoms with E-state index in [0.29, 0.717) is 16.8 Å². The van der Waals surface area contributed by atoms with Gasteiger partial charge in [-0.25, -0.2) is 9.59 Å². The fraction of sp³-hybridized carbons (Fsp3) is 0.250. The molecule has 1 N–H and O–H groups in total. The molecule has 6 heteroatoms. The van der Waals surface area contributed by atoms with Crippen molar-refractivity contribution in [1.82, 2.24) is 0 Å². The molecule has 6 nitrogen and oxygen atoms in total. The number of hydrogen-bond acceptors (Lipinski definition) is 5. The van der Waals surface area contributed by atoms with Gasteiger partial charge in [-0.15, -0.1) is 0 Å². The Balaban J connectivity index is 1.87. The van der Waals surface area contributed by atoms with Crippen LogP contribution in [0.5, 0.6) is 0 Å². The third-order valence-corrected chi connectivity index (χ3v) is 4.47. The number of anilines is 1. The predicted octanol–water partition coefficient (Wildman–Crippen LogP) is 2.89. The van der Waals surface area contributed by atoms with Gasteiger partial charge in [0.2, 0.25) is 0 Å². The second-order valence-corrected chi connectivity index (χ2v) is 6.43. The minimum Gasteiger partial charge on any atom is -0.465 e. The van der Waals surface area contributed by atoms with Crippen molar-refractivity contribution in [2.45, 2.75) is 25.9 Å². The fourth-order valence-corrected chi connectivity index (χ4v) is 2.92. The summed E-state index contributed by atoms with van der Waals surface area (Å²) in [4.78, 5) is 36.8. The van der Waals surface area contributed by atoms with Gasteiger partial charge in [0.25, 0.3) is 5.91 Å². The zero-order valence-corrected chi connectivity index (χ0v) is 14.8. The van der Waals surface area contributed by atoms with Gasteiger partial charge in [0.15, 0.2) is 5.60 Å². The van der Waals surface area contributed by atoms with Gasteiger partial charge in [-0.2, -0.15) is 0 Å². The van der Waals surface area contributed by atoms with E-state index in [2.05, 4.69) is 5.32 Å². The molecule has 0 saturated heterocycles. The Morgan fingerprint density at radius 3 is 2.65 bits per heavy atom. The van der Waals surface area contributed by atoms with Gasteiger partial charge in [0.1, 0.15) is 0 Å². The molecular formula is C20H19NO5. The maximum absolute atomic E-state index is 12.8. The molecule has 0 saturated carbocycles. The normalized spacial score (nSPS) is 18.5. The van der Waals surface area contributed by atoms with Crippen LogP contribution in [0.4, 0.5) is 5.69 Å². The number of ether oxygens (including phenoxy) is 2. The summed E-state index contributed by atoms with van der Waals surface area (Å²) in [5, 5.41) is 2.77. The Bertz CT molecular complexity index is 905. The molecular weight excluding hydrogens is 334 g/mol. The molecule has 2 aromatic rings. The van der Waals surface area contributed by atoms with Crippen molar-refractivity contribution in [2.75, 3.05) is 12.4 Å². The standard InChI is InChI=1S/C20H19NO5/c1-12-8-9-13(17(22)25-3)10-16(12)21-19(24)20(2)11-14-6-4-5-7-15(14)18(23)26-20/h4-10H,11H2,1-3H3,(H,21,24)/t20-/m0/s1. The first-order valence-corrected chi connectivity index (χ1v) is 8.16. The number of methoxy groups -OCH3 is 1. The van der Waals surface area contributed by atoms with Crippen molar-refractivity contribution in [3.05, 3.63) is 64.7 Å². The number of rotatable bonds is 3. The van der Waals surface area contributed by atoms with Crippen LogP contribution >= 0.6 is 0 Å². The maximum Gasteiger partial charge on any atom is 0.339 e. The second-order valence-electron chi connectivity index (χ2n) is 6.43. The third kappa shape index (κ3) is 3.18. The van der Waals surface area contributed by atoms with Crippen LogP contribution < -0.4 is 5.32 Å². The Kier molecular flexibility index (Phi) is 4.50. The minimum atomic E-state index is -1.33. The number of aryl methyl sites for hydroxylation is 1. The highest BCUT2D eigenvalue weighted by Crippen LogP contribution is 2.30. The molecule has 0 fully saturated rings. The van der Waals surface area contributed by atoms with E-state index in [4.69, 9.17) is 9.47 Å². The quantitative estimate of drug-likeness (QED) is 0.858. The number of nitrogens with one attached hydrogen (secondary N) is 1. The first-order valence-electron chi connectivity index (χ1n) is 8.16. The van der Waals surface area contributed by atoms with Crippen molar-refractivity contribution >= 4 is 23.5 Å². The molecule has 1 aliphatic heterocycles. The monoisotopic (exact) mass is 353 g/mol. The second kappa shape index (κ2) is 6.63. The molecule has 0 aromatic heterocycles. The van der Waals surface area contributed by atoms with Crippen LogP contribution in [0, 0.1) is 6.92 Å². The Morgan fingerprint density at radius 2 is 1.92 bits per heavy atom. The highest BCUT2D eigenvalue weighted by Gasteiger charge is 2.42. The number of fused-ring (bicyclic) bond motifs is 1. The Morgan fingerprint density at radius 1 is 1.19 bits per heavy atom.